The standard InChI is InChI=1S/C18H27BrN2O3/c1-13-11-20(9-10-21(13)17(22)24-18(2,3)4)12-14-15(19)7-6-8-16(14)23-5/h6-8,13H,9-12H2,1-5H3/t13-/m0/s1. The normalized spacial score (nSPS) is 19.2. The topological polar surface area (TPSA) is 42.0 Å². The van der Waals surface area contributed by atoms with E-state index in [-0.39, 0.29) is 12.1 Å². The van der Waals surface area contributed by atoms with E-state index in [9.17, 15) is 4.79 Å². The molecule has 1 aromatic carbocycles. The van der Waals surface area contributed by atoms with Gasteiger partial charge >= 0.3 is 6.09 Å². The summed E-state index contributed by atoms with van der Waals surface area (Å²) < 4.78 is 12.0. The van der Waals surface area contributed by atoms with Gasteiger partial charge in [0.05, 0.1) is 7.11 Å². The van der Waals surface area contributed by atoms with Crippen LogP contribution in [0, 0.1) is 0 Å². The summed E-state index contributed by atoms with van der Waals surface area (Å²) in [4.78, 5) is 16.5. The molecular formula is C18H27BrN2O3. The molecule has 1 fully saturated rings. The Balaban J connectivity index is 2.00. The Kier molecular flexibility index (Phi) is 6.15. The molecule has 0 aromatic heterocycles. The first-order valence-corrected chi connectivity index (χ1v) is 9.04. The van der Waals surface area contributed by atoms with Crippen molar-refractivity contribution in [2.24, 2.45) is 0 Å². The molecule has 0 N–H and O–H groups in total. The number of nitrogens with zero attached hydrogens (tertiary/aromatic N) is 2. The van der Waals surface area contributed by atoms with Gasteiger partial charge in [-0.25, -0.2) is 4.79 Å². The summed E-state index contributed by atoms with van der Waals surface area (Å²) in [5.74, 6) is 0.881. The molecule has 0 bridgehead atoms. The van der Waals surface area contributed by atoms with Gasteiger partial charge < -0.3 is 14.4 Å². The molecule has 0 spiro atoms. The Morgan fingerprint density at radius 1 is 1.33 bits per heavy atom. The Hall–Kier alpha value is -1.27. The fraction of sp³-hybridized carbons (Fsp3) is 0.611. The Morgan fingerprint density at radius 3 is 2.62 bits per heavy atom. The van der Waals surface area contributed by atoms with E-state index in [1.807, 2.05) is 43.9 Å². The van der Waals surface area contributed by atoms with Crippen molar-refractivity contribution in [1.29, 1.82) is 0 Å². The van der Waals surface area contributed by atoms with Crippen molar-refractivity contribution in [3.63, 3.8) is 0 Å². The van der Waals surface area contributed by atoms with Crippen LogP contribution >= 0.6 is 15.9 Å². The van der Waals surface area contributed by atoms with Crippen molar-refractivity contribution in [1.82, 2.24) is 9.80 Å². The van der Waals surface area contributed by atoms with Crippen molar-refractivity contribution >= 4 is 22.0 Å². The van der Waals surface area contributed by atoms with Crippen LogP contribution in [0.2, 0.25) is 0 Å². The quantitative estimate of drug-likeness (QED) is 0.773. The molecular weight excluding hydrogens is 372 g/mol. The third-order valence-electron chi connectivity index (χ3n) is 4.02. The highest BCUT2D eigenvalue weighted by Gasteiger charge is 2.31. The zero-order valence-corrected chi connectivity index (χ0v) is 16.7. The first-order chi connectivity index (χ1) is 11.2. The summed E-state index contributed by atoms with van der Waals surface area (Å²) in [7, 11) is 1.69. The van der Waals surface area contributed by atoms with Crippen molar-refractivity contribution in [3.8, 4) is 5.75 Å². The highest BCUT2D eigenvalue weighted by Crippen LogP contribution is 2.29. The number of carbonyl (C=O) groups excluding carboxylic acids is 1. The number of methoxy groups -OCH3 is 1. The van der Waals surface area contributed by atoms with E-state index in [0.717, 1.165) is 35.4 Å². The minimum atomic E-state index is -0.462. The van der Waals surface area contributed by atoms with E-state index >= 15 is 0 Å². The van der Waals surface area contributed by atoms with Crippen molar-refractivity contribution in [2.45, 2.75) is 45.9 Å². The second-order valence-corrected chi connectivity index (χ2v) is 8.03. The van der Waals surface area contributed by atoms with E-state index in [1.54, 1.807) is 7.11 Å². The maximum absolute atomic E-state index is 12.3. The number of benzene rings is 1. The van der Waals surface area contributed by atoms with Gasteiger partial charge in [0, 0.05) is 42.3 Å². The van der Waals surface area contributed by atoms with Gasteiger partial charge in [0.15, 0.2) is 0 Å². The predicted octanol–water partition coefficient (Wildman–Crippen LogP) is 3.90. The Bertz CT molecular complexity index is 586. The first kappa shape index (κ1) is 19.1. The summed E-state index contributed by atoms with van der Waals surface area (Å²) in [6.45, 7) is 10.8. The van der Waals surface area contributed by atoms with Gasteiger partial charge in [-0.2, -0.15) is 0 Å². The van der Waals surface area contributed by atoms with Gasteiger partial charge in [0.2, 0.25) is 0 Å². The molecule has 1 amide bonds. The van der Waals surface area contributed by atoms with E-state index in [1.165, 1.54) is 0 Å². The molecule has 0 radical (unpaired) electrons. The SMILES string of the molecule is COc1cccc(Br)c1CN1CCN(C(=O)OC(C)(C)C)[C@@H](C)C1. The number of hydrogen-bond acceptors (Lipinski definition) is 4. The minimum Gasteiger partial charge on any atom is -0.496 e. The summed E-state index contributed by atoms with van der Waals surface area (Å²) in [6, 6.07) is 6.08. The molecule has 1 heterocycles. The fourth-order valence-electron chi connectivity index (χ4n) is 2.88. The van der Waals surface area contributed by atoms with Crippen molar-refractivity contribution in [3.05, 3.63) is 28.2 Å². The smallest absolute Gasteiger partial charge is 0.410 e. The number of halogens is 1. The number of rotatable bonds is 3. The highest BCUT2D eigenvalue weighted by molar-refractivity contribution is 9.10. The fourth-order valence-corrected chi connectivity index (χ4v) is 3.35. The molecule has 1 aliphatic heterocycles. The lowest BCUT2D eigenvalue weighted by Gasteiger charge is -2.40. The molecule has 5 nitrogen and oxygen atoms in total. The second-order valence-electron chi connectivity index (χ2n) is 7.18. The molecule has 1 saturated heterocycles. The summed E-state index contributed by atoms with van der Waals surface area (Å²) in [6.07, 6.45) is -0.229. The number of amides is 1. The van der Waals surface area contributed by atoms with Crippen LogP contribution in [0.25, 0.3) is 0 Å². The molecule has 0 aliphatic carbocycles. The van der Waals surface area contributed by atoms with E-state index in [0.29, 0.717) is 6.54 Å². The lowest BCUT2D eigenvalue weighted by atomic mass is 10.1. The van der Waals surface area contributed by atoms with Crippen LogP contribution < -0.4 is 4.74 Å². The van der Waals surface area contributed by atoms with E-state index < -0.39 is 5.60 Å². The van der Waals surface area contributed by atoms with Gasteiger partial charge in [-0.1, -0.05) is 22.0 Å². The lowest BCUT2D eigenvalue weighted by molar-refractivity contribution is 0.000460. The molecule has 6 heteroatoms. The van der Waals surface area contributed by atoms with Crippen LogP contribution in [-0.2, 0) is 11.3 Å². The second kappa shape index (κ2) is 7.74. The monoisotopic (exact) mass is 398 g/mol. The van der Waals surface area contributed by atoms with Crippen LogP contribution in [0.4, 0.5) is 4.79 Å². The molecule has 2 rings (SSSR count). The van der Waals surface area contributed by atoms with E-state index in [4.69, 9.17) is 9.47 Å². The third kappa shape index (κ3) is 4.86. The van der Waals surface area contributed by atoms with Crippen LogP contribution in [0.15, 0.2) is 22.7 Å². The Labute approximate surface area is 153 Å². The summed E-state index contributed by atoms with van der Waals surface area (Å²) in [5, 5.41) is 0. The molecule has 1 aliphatic rings. The zero-order valence-electron chi connectivity index (χ0n) is 15.1. The number of hydrogen-bond donors (Lipinski definition) is 0. The Morgan fingerprint density at radius 2 is 2.04 bits per heavy atom. The average Bonchev–Trinajstić information content (AvgIpc) is 2.47. The van der Waals surface area contributed by atoms with Gasteiger partial charge in [-0.05, 0) is 39.8 Å². The number of carbonyl (C=O) groups is 1. The highest BCUT2D eigenvalue weighted by atomic mass is 79.9. The van der Waals surface area contributed by atoms with Gasteiger partial charge in [-0.3, -0.25) is 4.90 Å². The van der Waals surface area contributed by atoms with Crippen LogP contribution in [0.5, 0.6) is 5.75 Å². The number of ether oxygens (including phenoxy) is 2. The molecule has 134 valence electrons. The molecule has 1 aromatic rings. The first-order valence-electron chi connectivity index (χ1n) is 8.24. The van der Waals surface area contributed by atoms with Crippen LogP contribution in [0.1, 0.15) is 33.3 Å². The maximum Gasteiger partial charge on any atom is 0.410 e. The maximum atomic E-state index is 12.3. The summed E-state index contributed by atoms with van der Waals surface area (Å²) >= 11 is 3.61. The van der Waals surface area contributed by atoms with Crippen molar-refractivity contribution < 1.29 is 14.3 Å². The van der Waals surface area contributed by atoms with Crippen molar-refractivity contribution in [2.75, 3.05) is 26.7 Å². The lowest BCUT2D eigenvalue weighted by Crippen LogP contribution is -2.54. The van der Waals surface area contributed by atoms with Crippen LogP contribution in [0.3, 0.4) is 0 Å². The predicted molar refractivity (Wildman–Crippen MR) is 98.4 cm³/mol. The molecule has 0 unspecified atom stereocenters. The molecule has 0 saturated carbocycles. The largest absolute Gasteiger partial charge is 0.496 e. The minimum absolute atomic E-state index is 0.113. The zero-order chi connectivity index (χ0) is 17.9. The average molecular weight is 399 g/mol. The summed E-state index contributed by atoms with van der Waals surface area (Å²) in [5.41, 5.74) is 0.675. The molecule has 1 atom stereocenters. The number of piperazine rings is 1. The van der Waals surface area contributed by atoms with Crippen LogP contribution in [-0.4, -0.2) is 54.3 Å². The van der Waals surface area contributed by atoms with E-state index in [2.05, 4.69) is 27.8 Å². The van der Waals surface area contributed by atoms with Gasteiger partial charge in [0.25, 0.3) is 0 Å². The molecule has 24 heavy (non-hydrogen) atoms. The third-order valence-corrected chi connectivity index (χ3v) is 4.76. The van der Waals surface area contributed by atoms with Gasteiger partial charge in [0.1, 0.15) is 11.4 Å². The van der Waals surface area contributed by atoms with Gasteiger partial charge in [-0.15, -0.1) is 0 Å².